The monoisotopic (exact) mass is 615 g/mol. The number of likely N-dealkylation sites (N-methyl/N-ethyl adjacent to an activating group) is 1. The number of benzene rings is 1. The van der Waals surface area contributed by atoms with Crippen molar-refractivity contribution in [2.45, 2.75) is 89.4 Å². The smallest absolute Gasteiger partial charge is 0.249 e. The van der Waals surface area contributed by atoms with Crippen LogP contribution in [-0.4, -0.2) is 94.3 Å². The van der Waals surface area contributed by atoms with Crippen LogP contribution in [0.5, 0.6) is 5.75 Å². The maximum atomic E-state index is 13.2. The standard InChI is InChI=1S/C33H45N9O3/c1-4-26-32(43)39(2)27-20-34-33(36-30(27)42(26)24-11-7-8-12-24)35-25-14-13-22(19-28(25)44-3)31-38-37-29(45-31)21-40-15-17-41(18-16-40)23-9-5-6-10-23/h13-14,19-20,23-24,26H,4-12,15-18,21H2,1-3H3,(H,34,35,36)/t26-/m1/s1. The van der Waals surface area contributed by atoms with E-state index in [1.807, 2.05) is 25.2 Å². The molecule has 1 N–H and O–H groups in total. The Morgan fingerprint density at radius 1 is 1.00 bits per heavy atom. The third-order valence-electron chi connectivity index (χ3n) is 10.2. The number of anilines is 4. The number of nitrogens with zero attached hydrogens (tertiary/aromatic N) is 8. The lowest BCUT2D eigenvalue weighted by molar-refractivity contribution is -0.120. The third-order valence-corrected chi connectivity index (χ3v) is 10.2. The summed E-state index contributed by atoms with van der Waals surface area (Å²) in [4.78, 5) is 31.8. The van der Waals surface area contributed by atoms with Gasteiger partial charge < -0.3 is 24.3 Å². The van der Waals surface area contributed by atoms with Crippen LogP contribution in [0.3, 0.4) is 0 Å². The van der Waals surface area contributed by atoms with Crippen molar-refractivity contribution in [3.8, 4) is 17.2 Å². The molecular formula is C33H45N9O3. The van der Waals surface area contributed by atoms with Crippen LogP contribution in [-0.2, 0) is 11.3 Å². The SMILES string of the molecule is CC[C@@H]1C(=O)N(C)c2cnc(Nc3ccc(-c4nnc(CN5CCN(C6CCCC6)CC5)o4)cc3OC)nc2N1C1CCCC1. The van der Waals surface area contributed by atoms with Gasteiger partial charge in [-0.15, -0.1) is 10.2 Å². The van der Waals surface area contributed by atoms with Crippen molar-refractivity contribution in [1.29, 1.82) is 0 Å². The Labute approximate surface area is 265 Å². The van der Waals surface area contributed by atoms with Gasteiger partial charge in [-0.3, -0.25) is 14.6 Å². The van der Waals surface area contributed by atoms with Gasteiger partial charge in [-0.05, 0) is 50.3 Å². The van der Waals surface area contributed by atoms with Crippen molar-refractivity contribution >= 4 is 29.0 Å². The maximum Gasteiger partial charge on any atom is 0.249 e. The molecule has 12 heteroatoms. The first-order valence-corrected chi connectivity index (χ1v) is 16.7. The van der Waals surface area contributed by atoms with Crippen molar-refractivity contribution < 1.29 is 13.9 Å². The summed E-state index contributed by atoms with van der Waals surface area (Å²) in [5.74, 6) is 3.07. The summed E-state index contributed by atoms with van der Waals surface area (Å²) in [5.41, 5.74) is 2.25. The van der Waals surface area contributed by atoms with E-state index in [2.05, 4.69) is 42.1 Å². The minimum Gasteiger partial charge on any atom is -0.495 e. The number of hydrogen-bond acceptors (Lipinski definition) is 11. The van der Waals surface area contributed by atoms with Crippen LogP contribution in [0, 0.1) is 0 Å². The summed E-state index contributed by atoms with van der Waals surface area (Å²) in [6.07, 6.45) is 12.4. The van der Waals surface area contributed by atoms with Gasteiger partial charge in [-0.2, -0.15) is 4.98 Å². The molecule has 0 bridgehead atoms. The number of carbonyl (C=O) groups excluding carboxylic acids is 1. The molecule has 1 aromatic carbocycles. The van der Waals surface area contributed by atoms with Crippen molar-refractivity contribution in [3.63, 3.8) is 0 Å². The second-order valence-electron chi connectivity index (χ2n) is 12.9. The molecule has 2 aliphatic carbocycles. The minimum atomic E-state index is -0.219. The average Bonchev–Trinajstić information content (AvgIpc) is 3.87. The highest BCUT2D eigenvalue weighted by Gasteiger charge is 2.41. The second-order valence-corrected chi connectivity index (χ2v) is 12.9. The Balaban J connectivity index is 1.05. The molecule has 0 spiro atoms. The van der Waals surface area contributed by atoms with Gasteiger partial charge in [0.1, 0.15) is 17.5 Å². The molecular weight excluding hydrogens is 570 g/mol. The van der Waals surface area contributed by atoms with Gasteiger partial charge in [0.25, 0.3) is 0 Å². The molecule has 0 unspecified atom stereocenters. The second kappa shape index (κ2) is 12.9. The summed E-state index contributed by atoms with van der Waals surface area (Å²) in [6.45, 7) is 7.00. The highest BCUT2D eigenvalue weighted by atomic mass is 16.5. The Bertz CT molecular complexity index is 1490. The van der Waals surface area contributed by atoms with Gasteiger partial charge in [0.15, 0.2) is 5.82 Å². The molecule has 1 saturated heterocycles. The third kappa shape index (κ3) is 5.97. The van der Waals surface area contributed by atoms with E-state index in [9.17, 15) is 4.79 Å². The van der Waals surface area contributed by atoms with E-state index in [0.717, 1.165) is 74.2 Å². The van der Waals surface area contributed by atoms with E-state index in [1.165, 1.54) is 38.5 Å². The summed E-state index contributed by atoms with van der Waals surface area (Å²) in [5, 5.41) is 12.1. The van der Waals surface area contributed by atoms with Crippen molar-refractivity contribution in [2.24, 2.45) is 0 Å². The lowest BCUT2D eigenvalue weighted by atomic mass is 10.0. The molecule has 2 aromatic heterocycles. The Kier molecular flexibility index (Phi) is 8.59. The molecule has 3 aromatic rings. The van der Waals surface area contributed by atoms with Crippen molar-refractivity contribution in [3.05, 3.63) is 30.3 Å². The number of piperazine rings is 1. The van der Waals surface area contributed by atoms with Crippen LogP contribution in [0.15, 0.2) is 28.8 Å². The Morgan fingerprint density at radius 3 is 2.44 bits per heavy atom. The van der Waals surface area contributed by atoms with Crippen LogP contribution in [0.2, 0.25) is 0 Å². The van der Waals surface area contributed by atoms with Crippen LogP contribution >= 0.6 is 0 Å². The number of rotatable bonds is 9. The number of aromatic nitrogens is 4. The molecule has 0 radical (unpaired) electrons. The van der Waals surface area contributed by atoms with E-state index in [1.54, 1.807) is 18.2 Å². The van der Waals surface area contributed by atoms with Crippen LogP contribution in [0.4, 0.5) is 23.1 Å². The zero-order valence-corrected chi connectivity index (χ0v) is 26.7. The zero-order valence-electron chi connectivity index (χ0n) is 26.7. The van der Waals surface area contributed by atoms with Crippen LogP contribution < -0.4 is 19.9 Å². The highest BCUT2D eigenvalue weighted by Crippen LogP contribution is 2.40. The molecule has 45 heavy (non-hydrogen) atoms. The fourth-order valence-electron chi connectivity index (χ4n) is 7.67. The largest absolute Gasteiger partial charge is 0.495 e. The summed E-state index contributed by atoms with van der Waals surface area (Å²) in [6, 6.07) is 6.61. The molecule has 1 atom stereocenters. The number of carbonyl (C=O) groups is 1. The van der Waals surface area contributed by atoms with Gasteiger partial charge >= 0.3 is 0 Å². The summed E-state index contributed by atoms with van der Waals surface area (Å²) >= 11 is 0. The number of amides is 1. The molecule has 4 aliphatic rings. The minimum absolute atomic E-state index is 0.101. The van der Waals surface area contributed by atoms with Crippen molar-refractivity contribution in [2.75, 3.05) is 55.5 Å². The number of fused-ring (bicyclic) bond motifs is 1. The number of hydrogen-bond donors (Lipinski definition) is 1. The van der Waals surface area contributed by atoms with E-state index in [0.29, 0.717) is 36.1 Å². The lowest BCUT2D eigenvalue weighted by Crippen LogP contribution is -2.55. The first-order valence-electron chi connectivity index (χ1n) is 16.7. The van der Waals surface area contributed by atoms with E-state index < -0.39 is 0 Å². The predicted octanol–water partition coefficient (Wildman–Crippen LogP) is 4.84. The average molecular weight is 616 g/mol. The molecule has 2 saturated carbocycles. The molecule has 3 fully saturated rings. The first kappa shape index (κ1) is 29.9. The fourth-order valence-corrected chi connectivity index (χ4v) is 7.67. The van der Waals surface area contributed by atoms with Crippen LogP contribution in [0.25, 0.3) is 11.5 Å². The Morgan fingerprint density at radius 2 is 1.73 bits per heavy atom. The number of methoxy groups -OCH3 is 1. The quantitative estimate of drug-likeness (QED) is 0.356. The lowest BCUT2D eigenvalue weighted by Gasteiger charge is -2.43. The first-order chi connectivity index (χ1) is 22.0. The van der Waals surface area contributed by atoms with Crippen molar-refractivity contribution in [1.82, 2.24) is 30.0 Å². The molecule has 12 nitrogen and oxygen atoms in total. The normalized spacial score (nSPS) is 21.9. The van der Waals surface area contributed by atoms with E-state index in [4.69, 9.17) is 14.1 Å². The fraction of sp³-hybridized carbons (Fsp3) is 0.606. The predicted molar refractivity (Wildman–Crippen MR) is 173 cm³/mol. The summed E-state index contributed by atoms with van der Waals surface area (Å²) < 4.78 is 11.9. The maximum absolute atomic E-state index is 13.2. The van der Waals surface area contributed by atoms with Gasteiger partial charge in [0.05, 0.1) is 25.5 Å². The highest BCUT2D eigenvalue weighted by molar-refractivity contribution is 6.04. The molecule has 2 aliphatic heterocycles. The van der Waals surface area contributed by atoms with E-state index in [-0.39, 0.29) is 11.9 Å². The van der Waals surface area contributed by atoms with E-state index >= 15 is 0 Å². The molecule has 4 heterocycles. The van der Waals surface area contributed by atoms with Gasteiger partial charge in [-0.1, -0.05) is 32.6 Å². The molecule has 1 amide bonds. The topological polar surface area (TPSA) is 116 Å². The number of ether oxygens (including phenoxy) is 1. The van der Waals surface area contributed by atoms with Gasteiger partial charge in [0.2, 0.25) is 23.6 Å². The van der Waals surface area contributed by atoms with Gasteiger partial charge in [-0.25, -0.2) is 4.98 Å². The molecule has 7 rings (SSSR count). The molecule has 240 valence electrons. The number of nitrogens with one attached hydrogen (secondary N) is 1. The summed E-state index contributed by atoms with van der Waals surface area (Å²) in [7, 11) is 3.45. The van der Waals surface area contributed by atoms with Crippen LogP contribution in [0.1, 0.15) is 70.6 Å². The zero-order chi connectivity index (χ0) is 30.9. The van der Waals surface area contributed by atoms with Gasteiger partial charge in [0, 0.05) is 50.9 Å². The Hall–Kier alpha value is -3.77.